The molecule has 1 amide bonds. The van der Waals surface area contributed by atoms with Crippen LogP contribution in [0.3, 0.4) is 0 Å². The molecule has 1 unspecified atom stereocenters. The van der Waals surface area contributed by atoms with Gasteiger partial charge in [0.1, 0.15) is 11.6 Å². The summed E-state index contributed by atoms with van der Waals surface area (Å²) in [7, 11) is 0. The first-order valence-corrected chi connectivity index (χ1v) is 13.8. The van der Waals surface area contributed by atoms with Crippen LogP contribution in [0.1, 0.15) is 30.7 Å². The van der Waals surface area contributed by atoms with Gasteiger partial charge in [-0.15, -0.1) is 10.2 Å². The largest absolute Gasteiger partial charge is 0.384 e. The van der Waals surface area contributed by atoms with Crippen LogP contribution in [0, 0.1) is 17.1 Å². The second-order valence-electron chi connectivity index (χ2n) is 8.54. The number of benzene rings is 2. The quantitative estimate of drug-likeness (QED) is 0.382. The number of allylic oxidation sites excluding steroid dienone is 3. The number of carbonyl (C=O) groups is 2. The smallest absolute Gasteiger partial charge is 0.234 e. The van der Waals surface area contributed by atoms with E-state index in [0.717, 1.165) is 0 Å². The molecule has 1 aromatic heterocycles. The van der Waals surface area contributed by atoms with E-state index in [2.05, 4.69) is 21.6 Å². The highest BCUT2D eigenvalue weighted by atomic mass is 35.5. The number of anilines is 2. The maximum absolute atomic E-state index is 14.8. The molecule has 0 saturated carbocycles. The maximum atomic E-state index is 14.8. The summed E-state index contributed by atoms with van der Waals surface area (Å²) in [5, 5.41) is 22.1. The monoisotopic (exact) mass is 566 g/mol. The first kappa shape index (κ1) is 25.9. The number of halogens is 2. The van der Waals surface area contributed by atoms with Crippen LogP contribution in [0.15, 0.2) is 75.5 Å². The van der Waals surface area contributed by atoms with Crippen molar-refractivity contribution in [1.29, 1.82) is 5.26 Å². The Labute approximate surface area is 231 Å². The summed E-state index contributed by atoms with van der Waals surface area (Å²) in [6.07, 6.45) is 1.40. The number of thioether (sulfide) groups is 1. The van der Waals surface area contributed by atoms with E-state index in [4.69, 9.17) is 17.3 Å². The fourth-order valence-corrected chi connectivity index (χ4v) is 6.44. The lowest BCUT2D eigenvalue weighted by atomic mass is 9.75. The van der Waals surface area contributed by atoms with Gasteiger partial charge < -0.3 is 11.1 Å². The number of amides is 1. The number of aromatic nitrogens is 2. The highest BCUT2D eigenvalue weighted by Gasteiger charge is 2.42. The standard InChI is InChI=1S/C26H20ClFN6O2S2/c27-14-5-3-6-15(11-14)31-21(36)13-37-26-33-32-25(38-26)34-19-9-4-10-20(35)23(19)22(17(12-29)24(34)30)16-7-1-2-8-18(16)28/h1-3,5-8,11,22H,4,9-10,13,30H2,(H,31,36). The molecule has 3 aromatic rings. The number of nitrogens with one attached hydrogen (secondary N) is 1. The molecular weight excluding hydrogens is 547 g/mol. The zero-order valence-corrected chi connectivity index (χ0v) is 22.2. The molecule has 192 valence electrons. The lowest BCUT2D eigenvalue weighted by Gasteiger charge is -2.38. The molecule has 0 radical (unpaired) electrons. The van der Waals surface area contributed by atoms with Crippen LogP contribution >= 0.6 is 34.7 Å². The molecule has 38 heavy (non-hydrogen) atoms. The van der Waals surface area contributed by atoms with E-state index >= 15 is 0 Å². The average molecular weight is 567 g/mol. The van der Waals surface area contributed by atoms with Gasteiger partial charge in [0.2, 0.25) is 11.0 Å². The summed E-state index contributed by atoms with van der Waals surface area (Å²) in [5.74, 6) is -1.63. The Bertz CT molecular complexity index is 1550. The van der Waals surface area contributed by atoms with Crippen molar-refractivity contribution in [1.82, 2.24) is 10.2 Å². The molecule has 1 aliphatic heterocycles. The van der Waals surface area contributed by atoms with Crippen LogP contribution in [0.5, 0.6) is 0 Å². The van der Waals surface area contributed by atoms with Gasteiger partial charge in [-0.05, 0) is 37.1 Å². The van der Waals surface area contributed by atoms with Crippen molar-refractivity contribution in [3.63, 3.8) is 0 Å². The third-order valence-corrected chi connectivity index (χ3v) is 8.43. The van der Waals surface area contributed by atoms with Gasteiger partial charge in [0.25, 0.3) is 0 Å². The Balaban J connectivity index is 1.43. The Morgan fingerprint density at radius 1 is 1.26 bits per heavy atom. The van der Waals surface area contributed by atoms with Crippen molar-refractivity contribution in [3.05, 3.63) is 87.6 Å². The SMILES string of the molecule is N#CC1=C(N)N(c2nnc(SCC(=O)Nc3cccc(Cl)c3)s2)C2=C(C(=O)CCC2)C1c1ccccc1F. The van der Waals surface area contributed by atoms with E-state index in [-0.39, 0.29) is 34.4 Å². The van der Waals surface area contributed by atoms with Crippen LogP contribution in [-0.4, -0.2) is 27.6 Å². The van der Waals surface area contributed by atoms with Gasteiger partial charge in [-0.1, -0.05) is 59.0 Å². The normalized spacial score (nSPS) is 17.3. The first-order chi connectivity index (χ1) is 18.4. The lowest BCUT2D eigenvalue weighted by molar-refractivity contribution is -0.116. The Morgan fingerprint density at radius 2 is 2.08 bits per heavy atom. The molecule has 12 heteroatoms. The highest BCUT2D eigenvalue weighted by molar-refractivity contribution is 8.01. The van der Waals surface area contributed by atoms with Crippen molar-refractivity contribution < 1.29 is 14.0 Å². The summed E-state index contributed by atoms with van der Waals surface area (Å²) < 4.78 is 15.4. The molecule has 5 rings (SSSR count). The zero-order chi connectivity index (χ0) is 26.8. The number of rotatable bonds is 6. The minimum absolute atomic E-state index is 0.0782. The average Bonchev–Trinajstić information content (AvgIpc) is 3.36. The van der Waals surface area contributed by atoms with Gasteiger partial charge in [-0.3, -0.25) is 14.5 Å². The predicted octanol–water partition coefficient (Wildman–Crippen LogP) is 5.37. The molecule has 1 aliphatic carbocycles. The van der Waals surface area contributed by atoms with Crippen molar-refractivity contribution in [2.24, 2.45) is 5.73 Å². The number of hydrogen-bond acceptors (Lipinski definition) is 9. The Morgan fingerprint density at radius 3 is 2.84 bits per heavy atom. The third kappa shape index (κ3) is 5.03. The minimum atomic E-state index is -0.891. The molecule has 8 nitrogen and oxygen atoms in total. The van der Waals surface area contributed by atoms with Crippen molar-refractivity contribution >= 4 is 57.2 Å². The van der Waals surface area contributed by atoms with Crippen molar-refractivity contribution in [2.45, 2.75) is 29.5 Å². The summed E-state index contributed by atoms with van der Waals surface area (Å²) >= 11 is 8.34. The summed E-state index contributed by atoms with van der Waals surface area (Å²) in [6.45, 7) is 0. The Kier molecular flexibility index (Phi) is 7.46. The highest BCUT2D eigenvalue weighted by Crippen LogP contribution is 2.47. The number of nitrogens with zero attached hydrogens (tertiary/aromatic N) is 4. The van der Waals surface area contributed by atoms with Gasteiger partial charge in [-0.2, -0.15) is 5.26 Å². The van der Waals surface area contributed by atoms with Crippen LogP contribution in [0.25, 0.3) is 0 Å². The second-order valence-corrected chi connectivity index (χ2v) is 11.2. The van der Waals surface area contributed by atoms with E-state index < -0.39 is 11.7 Å². The number of nitriles is 1. The lowest BCUT2D eigenvalue weighted by Crippen LogP contribution is -2.38. The van der Waals surface area contributed by atoms with Gasteiger partial charge in [0.05, 0.1) is 23.3 Å². The van der Waals surface area contributed by atoms with Crippen molar-refractivity contribution in [2.75, 3.05) is 16.0 Å². The molecule has 3 N–H and O–H groups in total. The molecule has 0 bridgehead atoms. The number of ketones is 1. The topological polar surface area (TPSA) is 125 Å². The number of hydrogen-bond donors (Lipinski definition) is 2. The summed E-state index contributed by atoms with van der Waals surface area (Å²) in [6, 6.07) is 15.0. The van der Waals surface area contributed by atoms with Crippen LogP contribution in [0.2, 0.25) is 5.02 Å². The van der Waals surface area contributed by atoms with E-state index in [9.17, 15) is 19.2 Å². The van der Waals surface area contributed by atoms with E-state index in [1.54, 1.807) is 47.4 Å². The van der Waals surface area contributed by atoms with Gasteiger partial charge in [0, 0.05) is 34.0 Å². The molecule has 2 aliphatic rings. The maximum Gasteiger partial charge on any atom is 0.234 e. The molecule has 0 saturated heterocycles. The summed E-state index contributed by atoms with van der Waals surface area (Å²) in [5.41, 5.74) is 8.35. The second kappa shape index (κ2) is 10.9. The van der Waals surface area contributed by atoms with Crippen molar-refractivity contribution in [3.8, 4) is 6.07 Å². The van der Waals surface area contributed by atoms with Gasteiger partial charge in [0.15, 0.2) is 10.1 Å². The molecule has 2 heterocycles. The van der Waals surface area contributed by atoms with E-state index in [1.807, 2.05) is 0 Å². The van der Waals surface area contributed by atoms with E-state index in [1.165, 1.54) is 29.2 Å². The number of carbonyl (C=O) groups excluding carboxylic acids is 2. The van der Waals surface area contributed by atoms with Crippen LogP contribution in [0.4, 0.5) is 15.2 Å². The van der Waals surface area contributed by atoms with E-state index in [0.29, 0.717) is 50.7 Å². The summed E-state index contributed by atoms with van der Waals surface area (Å²) in [4.78, 5) is 27.1. The number of Topliss-reactive ketones (excluding diaryl/α,β-unsaturated/α-hetero) is 1. The van der Waals surface area contributed by atoms with Gasteiger partial charge >= 0.3 is 0 Å². The molecule has 0 spiro atoms. The molecule has 0 fully saturated rings. The predicted molar refractivity (Wildman–Crippen MR) is 145 cm³/mol. The Hall–Kier alpha value is -3.72. The molecule has 1 atom stereocenters. The first-order valence-electron chi connectivity index (χ1n) is 11.6. The fourth-order valence-electron chi connectivity index (χ4n) is 4.57. The molecule has 2 aromatic carbocycles. The van der Waals surface area contributed by atoms with Gasteiger partial charge in [-0.25, -0.2) is 4.39 Å². The minimum Gasteiger partial charge on any atom is -0.384 e. The molecular formula is C26H20ClFN6O2S2. The van der Waals surface area contributed by atoms with Crippen LogP contribution < -0.4 is 16.0 Å². The fraction of sp³-hybridized carbons (Fsp3) is 0.192. The third-order valence-electron chi connectivity index (χ3n) is 6.15. The zero-order valence-electron chi connectivity index (χ0n) is 19.8. The number of nitrogens with two attached hydrogens (primary N) is 1. The van der Waals surface area contributed by atoms with Crippen LogP contribution in [-0.2, 0) is 9.59 Å².